The molecule has 0 heterocycles. The summed E-state index contributed by atoms with van der Waals surface area (Å²) in [5.41, 5.74) is 0. The minimum Gasteiger partial charge on any atom is -0.174 e. The van der Waals surface area contributed by atoms with Crippen molar-refractivity contribution in [1.29, 1.82) is 0 Å². The Labute approximate surface area is 142 Å². The van der Waals surface area contributed by atoms with Crippen molar-refractivity contribution in [1.82, 2.24) is 0 Å². The summed E-state index contributed by atoms with van der Waals surface area (Å²) in [5.74, 6) is 2.85. The second kappa shape index (κ2) is 10.5. The van der Waals surface area contributed by atoms with Crippen LogP contribution in [-0.2, 0) is 0 Å². The number of allylic oxidation sites excluding steroid dienone is 1. The zero-order valence-electron chi connectivity index (χ0n) is 15.0. The first-order valence-electron chi connectivity index (χ1n) is 10.2. The Morgan fingerprint density at radius 2 is 1.35 bits per heavy atom. The quantitative estimate of drug-likeness (QED) is 0.400. The third-order valence-electron chi connectivity index (χ3n) is 6.45. The van der Waals surface area contributed by atoms with Crippen LogP contribution in [0.3, 0.4) is 0 Å². The van der Waals surface area contributed by atoms with Crippen molar-refractivity contribution in [3.8, 4) is 0 Å². The van der Waals surface area contributed by atoms with E-state index >= 15 is 0 Å². The highest BCUT2D eigenvalue weighted by molar-refractivity contribution is 4.92. The summed E-state index contributed by atoms with van der Waals surface area (Å²) < 4.78 is 24.7. The van der Waals surface area contributed by atoms with Gasteiger partial charge in [0.2, 0.25) is 0 Å². The number of hydrogen-bond acceptors (Lipinski definition) is 0. The maximum Gasteiger partial charge on any atom is 0.266 e. The van der Waals surface area contributed by atoms with Crippen molar-refractivity contribution in [2.45, 2.75) is 96.8 Å². The number of rotatable bonds is 8. The van der Waals surface area contributed by atoms with Gasteiger partial charge >= 0.3 is 0 Å². The monoisotopic (exact) mass is 326 g/mol. The zero-order chi connectivity index (χ0) is 16.5. The van der Waals surface area contributed by atoms with Crippen molar-refractivity contribution in [2.24, 2.45) is 23.7 Å². The van der Waals surface area contributed by atoms with Crippen LogP contribution in [0.5, 0.6) is 0 Å². The predicted octanol–water partition coefficient (Wildman–Crippen LogP) is 7.74. The molecule has 0 aromatic heterocycles. The molecule has 0 aromatic rings. The smallest absolute Gasteiger partial charge is 0.174 e. The molecule has 134 valence electrons. The number of hydrogen-bond donors (Lipinski definition) is 0. The molecule has 2 aliphatic rings. The second-order valence-corrected chi connectivity index (χ2v) is 8.11. The van der Waals surface area contributed by atoms with E-state index in [1.54, 1.807) is 0 Å². The lowest BCUT2D eigenvalue weighted by atomic mass is 9.68. The fourth-order valence-electron chi connectivity index (χ4n) is 4.95. The minimum absolute atomic E-state index is 0.149. The summed E-state index contributed by atoms with van der Waals surface area (Å²) >= 11 is 0. The van der Waals surface area contributed by atoms with Gasteiger partial charge in [0.1, 0.15) is 0 Å². The van der Waals surface area contributed by atoms with Gasteiger partial charge in [0.05, 0.1) is 0 Å². The normalized spacial score (nSPS) is 31.8. The van der Waals surface area contributed by atoms with Crippen molar-refractivity contribution in [3.63, 3.8) is 0 Å². The van der Waals surface area contributed by atoms with Crippen LogP contribution in [0, 0.1) is 23.7 Å². The Morgan fingerprint density at radius 3 is 1.91 bits per heavy atom. The molecule has 0 radical (unpaired) electrons. The van der Waals surface area contributed by atoms with Gasteiger partial charge in [-0.25, -0.2) is 0 Å². The van der Waals surface area contributed by atoms with Crippen LogP contribution in [0.25, 0.3) is 0 Å². The van der Waals surface area contributed by atoms with Gasteiger partial charge < -0.3 is 0 Å². The van der Waals surface area contributed by atoms with E-state index in [1.807, 2.05) is 0 Å². The van der Waals surface area contributed by atoms with E-state index in [0.717, 1.165) is 30.6 Å². The molecule has 0 atom stereocenters. The summed E-state index contributed by atoms with van der Waals surface area (Å²) in [5, 5.41) is 0. The van der Waals surface area contributed by atoms with Crippen LogP contribution in [0.2, 0.25) is 0 Å². The summed E-state index contributed by atoms with van der Waals surface area (Å²) in [7, 11) is 0. The highest BCUT2D eigenvalue weighted by Crippen LogP contribution is 2.42. The van der Waals surface area contributed by atoms with Crippen molar-refractivity contribution in [3.05, 3.63) is 12.2 Å². The van der Waals surface area contributed by atoms with Crippen LogP contribution in [-0.4, -0.2) is 0 Å². The standard InChI is InChI=1S/C21H36F2/c1-2-3-4-5-6-7-17-8-12-19(13-9-17)20-14-10-18(11-15-20)16-21(22)23/h16-20H,2-15H2,1H3/t17-,18-,19-,20-. The van der Waals surface area contributed by atoms with Gasteiger partial charge in [-0.1, -0.05) is 58.3 Å². The van der Waals surface area contributed by atoms with Crippen molar-refractivity contribution >= 4 is 0 Å². The SMILES string of the molecule is CCCCCCC[C@H]1CC[C@H]([C@H]2CC[C@H](C=C(F)F)CC2)CC1. The van der Waals surface area contributed by atoms with Crippen LogP contribution in [0.4, 0.5) is 8.78 Å². The van der Waals surface area contributed by atoms with Crippen molar-refractivity contribution in [2.75, 3.05) is 0 Å². The highest BCUT2D eigenvalue weighted by atomic mass is 19.3. The van der Waals surface area contributed by atoms with Gasteiger partial charge in [0.15, 0.2) is 0 Å². The van der Waals surface area contributed by atoms with E-state index in [0.29, 0.717) is 0 Å². The molecule has 2 heteroatoms. The maximum absolute atomic E-state index is 12.3. The first kappa shape index (κ1) is 18.9. The molecule has 2 aliphatic carbocycles. The summed E-state index contributed by atoms with van der Waals surface area (Å²) in [6, 6.07) is 0. The highest BCUT2D eigenvalue weighted by Gasteiger charge is 2.30. The average molecular weight is 327 g/mol. The molecule has 23 heavy (non-hydrogen) atoms. The number of halogens is 2. The third-order valence-corrected chi connectivity index (χ3v) is 6.45. The molecular weight excluding hydrogens is 290 g/mol. The topological polar surface area (TPSA) is 0 Å². The van der Waals surface area contributed by atoms with Gasteiger partial charge in [0, 0.05) is 0 Å². The van der Waals surface area contributed by atoms with Crippen molar-refractivity contribution < 1.29 is 8.78 Å². The largest absolute Gasteiger partial charge is 0.266 e. The van der Waals surface area contributed by atoms with E-state index < -0.39 is 6.08 Å². The van der Waals surface area contributed by atoms with Gasteiger partial charge in [0.25, 0.3) is 6.08 Å². The lowest BCUT2D eigenvalue weighted by Crippen LogP contribution is -2.25. The van der Waals surface area contributed by atoms with Gasteiger partial charge in [-0.15, -0.1) is 0 Å². The molecule has 0 nitrogen and oxygen atoms in total. The molecule has 0 N–H and O–H groups in total. The van der Waals surface area contributed by atoms with E-state index in [2.05, 4.69) is 6.92 Å². The molecule has 0 amide bonds. The van der Waals surface area contributed by atoms with Crippen LogP contribution in [0.1, 0.15) is 96.8 Å². The first-order valence-corrected chi connectivity index (χ1v) is 10.2. The molecule has 0 aliphatic heterocycles. The zero-order valence-corrected chi connectivity index (χ0v) is 15.0. The molecule has 2 saturated carbocycles. The lowest BCUT2D eigenvalue weighted by molar-refractivity contribution is 0.150. The van der Waals surface area contributed by atoms with Gasteiger partial charge in [-0.3, -0.25) is 0 Å². The Balaban J connectivity index is 1.59. The van der Waals surface area contributed by atoms with Crippen LogP contribution < -0.4 is 0 Å². The van der Waals surface area contributed by atoms with E-state index in [1.165, 1.54) is 83.1 Å². The molecule has 0 unspecified atom stereocenters. The van der Waals surface area contributed by atoms with Crippen LogP contribution in [0.15, 0.2) is 12.2 Å². The Kier molecular flexibility index (Phi) is 8.61. The summed E-state index contributed by atoms with van der Waals surface area (Å²) in [6.45, 7) is 2.28. The molecule has 0 aromatic carbocycles. The Hall–Kier alpha value is -0.400. The van der Waals surface area contributed by atoms with Gasteiger partial charge in [-0.2, -0.15) is 8.78 Å². The second-order valence-electron chi connectivity index (χ2n) is 8.11. The molecule has 2 fully saturated rings. The molecule has 0 bridgehead atoms. The molecule has 0 spiro atoms. The van der Waals surface area contributed by atoms with Crippen LogP contribution >= 0.6 is 0 Å². The Morgan fingerprint density at radius 1 is 0.783 bits per heavy atom. The van der Waals surface area contributed by atoms with E-state index in [9.17, 15) is 8.78 Å². The molecule has 2 rings (SSSR count). The summed E-state index contributed by atoms with van der Waals surface area (Å²) in [6.07, 6.45) is 18.2. The van der Waals surface area contributed by atoms with E-state index in [4.69, 9.17) is 0 Å². The molecular formula is C21H36F2. The minimum atomic E-state index is -1.48. The third kappa shape index (κ3) is 6.93. The predicted molar refractivity (Wildman–Crippen MR) is 94.6 cm³/mol. The average Bonchev–Trinajstić information content (AvgIpc) is 2.55. The first-order chi connectivity index (χ1) is 11.2. The van der Waals surface area contributed by atoms with Gasteiger partial charge in [-0.05, 0) is 68.3 Å². The lowest BCUT2D eigenvalue weighted by Gasteiger charge is -2.37. The fraction of sp³-hybridized carbons (Fsp3) is 0.905. The molecule has 0 saturated heterocycles. The fourth-order valence-corrected chi connectivity index (χ4v) is 4.95. The summed E-state index contributed by atoms with van der Waals surface area (Å²) in [4.78, 5) is 0. The van der Waals surface area contributed by atoms with E-state index in [-0.39, 0.29) is 5.92 Å². The Bertz CT molecular complexity index is 330. The number of unbranched alkanes of at least 4 members (excludes halogenated alkanes) is 4. The maximum atomic E-state index is 12.3.